The standard InChI is InChI=1S/C13H17NO3/c1-2-16-13(15)9-6-7-12(11(14)8-9)17-10-4-3-5-10/h6-8,10H,2-5,14H2,1H3. The van der Waals surface area contributed by atoms with Gasteiger partial charge in [0.2, 0.25) is 0 Å². The molecule has 1 aromatic rings. The lowest BCUT2D eigenvalue weighted by Crippen LogP contribution is -2.25. The normalized spacial score (nSPS) is 15.1. The quantitative estimate of drug-likeness (QED) is 0.643. The maximum Gasteiger partial charge on any atom is 0.338 e. The highest BCUT2D eigenvalue weighted by molar-refractivity contribution is 5.91. The van der Waals surface area contributed by atoms with Crippen molar-refractivity contribution in [3.8, 4) is 5.75 Å². The average Bonchev–Trinajstić information content (AvgIpc) is 2.25. The van der Waals surface area contributed by atoms with E-state index >= 15 is 0 Å². The molecule has 4 heteroatoms. The van der Waals surface area contributed by atoms with Crippen molar-refractivity contribution in [1.29, 1.82) is 0 Å². The van der Waals surface area contributed by atoms with E-state index in [0.29, 0.717) is 23.6 Å². The number of nitrogens with two attached hydrogens (primary N) is 1. The minimum absolute atomic E-state index is 0.283. The van der Waals surface area contributed by atoms with Gasteiger partial charge in [-0.05, 0) is 44.4 Å². The minimum atomic E-state index is -0.352. The van der Waals surface area contributed by atoms with Gasteiger partial charge in [-0.25, -0.2) is 4.79 Å². The van der Waals surface area contributed by atoms with Gasteiger partial charge in [0, 0.05) is 0 Å². The van der Waals surface area contributed by atoms with Crippen LogP contribution in [0.5, 0.6) is 5.75 Å². The van der Waals surface area contributed by atoms with Crippen molar-refractivity contribution in [2.24, 2.45) is 0 Å². The fraction of sp³-hybridized carbons (Fsp3) is 0.462. The Labute approximate surface area is 101 Å². The minimum Gasteiger partial charge on any atom is -0.488 e. The monoisotopic (exact) mass is 235 g/mol. The first-order chi connectivity index (χ1) is 8.20. The van der Waals surface area contributed by atoms with Crippen molar-refractivity contribution < 1.29 is 14.3 Å². The Kier molecular flexibility index (Phi) is 3.52. The summed E-state index contributed by atoms with van der Waals surface area (Å²) in [5.74, 6) is 0.303. The van der Waals surface area contributed by atoms with Gasteiger partial charge in [-0.3, -0.25) is 0 Å². The molecule has 17 heavy (non-hydrogen) atoms. The number of hydrogen-bond acceptors (Lipinski definition) is 4. The number of rotatable bonds is 4. The summed E-state index contributed by atoms with van der Waals surface area (Å²) >= 11 is 0. The smallest absolute Gasteiger partial charge is 0.338 e. The molecule has 1 saturated carbocycles. The van der Waals surface area contributed by atoms with Gasteiger partial charge in [0.15, 0.2) is 0 Å². The average molecular weight is 235 g/mol. The Morgan fingerprint density at radius 2 is 2.24 bits per heavy atom. The zero-order valence-electron chi connectivity index (χ0n) is 9.94. The van der Waals surface area contributed by atoms with Crippen LogP contribution < -0.4 is 10.5 Å². The number of carbonyl (C=O) groups excluding carboxylic acids is 1. The fourth-order valence-electron chi connectivity index (χ4n) is 1.67. The molecule has 0 saturated heterocycles. The lowest BCUT2D eigenvalue weighted by molar-refractivity contribution is 0.0526. The molecule has 0 atom stereocenters. The highest BCUT2D eigenvalue weighted by atomic mass is 16.5. The molecular weight excluding hydrogens is 218 g/mol. The van der Waals surface area contributed by atoms with Gasteiger partial charge in [-0.1, -0.05) is 0 Å². The number of esters is 1. The maximum atomic E-state index is 11.5. The highest BCUT2D eigenvalue weighted by Gasteiger charge is 2.20. The zero-order chi connectivity index (χ0) is 12.3. The number of anilines is 1. The topological polar surface area (TPSA) is 61.5 Å². The molecular formula is C13H17NO3. The molecule has 1 aromatic carbocycles. The van der Waals surface area contributed by atoms with Crippen LogP contribution in [0.25, 0.3) is 0 Å². The van der Waals surface area contributed by atoms with E-state index in [1.807, 2.05) is 0 Å². The van der Waals surface area contributed by atoms with Crippen LogP contribution >= 0.6 is 0 Å². The van der Waals surface area contributed by atoms with Gasteiger partial charge in [0.25, 0.3) is 0 Å². The molecule has 1 fully saturated rings. The van der Waals surface area contributed by atoms with Gasteiger partial charge in [0.05, 0.1) is 24.0 Å². The Hall–Kier alpha value is -1.71. The Bertz CT molecular complexity index is 413. The van der Waals surface area contributed by atoms with Crippen LogP contribution in [0.3, 0.4) is 0 Å². The van der Waals surface area contributed by atoms with E-state index in [1.54, 1.807) is 25.1 Å². The van der Waals surface area contributed by atoms with E-state index in [0.717, 1.165) is 12.8 Å². The number of nitrogen functional groups attached to an aromatic ring is 1. The van der Waals surface area contributed by atoms with E-state index in [2.05, 4.69) is 0 Å². The number of hydrogen-bond donors (Lipinski definition) is 1. The lowest BCUT2D eigenvalue weighted by atomic mass is 9.96. The summed E-state index contributed by atoms with van der Waals surface area (Å²) in [4.78, 5) is 11.5. The second kappa shape index (κ2) is 5.08. The van der Waals surface area contributed by atoms with Crippen LogP contribution in [-0.4, -0.2) is 18.7 Å². The SMILES string of the molecule is CCOC(=O)c1ccc(OC2CCC2)c(N)c1. The van der Waals surface area contributed by atoms with Crippen LogP contribution in [-0.2, 0) is 4.74 Å². The van der Waals surface area contributed by atoms with Gasteiger partial charge in [-0.2, -0.15) is 0 Å². The van der Waals surface area contributed by atoms with E-state index in [4.69, 9.17) is 15.2 Å². The summed E-state index contributed by atoms with van der Waals surface area (Å²) in [6.45, 7) is 2.13. The molecule has 92 valence electrons. The van der Waals surface area contributed by atoms with Crippen molar-refractivity contribution >= 4 is 11.7 Å². The van der Waals surface area contributed by atoms with Gasteiger partial charge in [0.1, 0.15) is 5.75 Å². The van der Waals surface area contributed by atoms with Crippen LogP contribution in [0.4, 0.5) is 5.69 Å². The van der Waals surface area contributed by atoms with Gasteiger partial charge >= 0.3 is 5.97 Å². The summed E-state index contributed by atoms with van der Waals surface area (Å²) in [6.07, 6.45) is 3.66. The molecule has 0 radical (unpaired) electrons. The second-order valence-electron chi connectivity index (χ2n) is 4.14. The van der Waals surface area contributed by atoms with Crippen LogP contribution in [0.15, 0.2) is 18.2 Å². The lowest BCUT2D eigenvalue weighted by Gasteiger charge is -2.27. The van der Waals surface area contributed by atoms with Crippen molar-refractivity contribution in [2.45, 2.75) is 32.3 Å². The molecule has 1 aliphatic rings. The van der Waals surface area contributed by atoms with Gasteiger partial charge in [-0.15, -0.1) is 0 Å². The zero-order valence-corrected chi connectivity index (χ0v) is 9.94. The number of carbonyl (C=O) groups is 1. The first-order valence-corrected chi connectivity index (χ1v) is 5.94. The molecule has 0 heterocycles. The number of benzene rings is 1. The third-order valence-corrected chi connectivity index (χ3v) is 2.87. The first-order valence-electron chi connectivity index (χ1n) is 5.94. The van der Waals surface area contributed by atoms with Crippen molar-refractivity contribution in [3.05, 3.63) is 23.8 Å². The molecule has 0 unspecified atom stereocenters. The van der Waals surface area contributed by atoms with E-state index in [1.165, 1.54) is 6.42 Å². The van der Waals surface area contributed by atoms with Crippen molar-refractivity contribution in [2.75, 3.05) is 12.3 Å². The Balaban J connectivity index is 2.07. The van der Waals surface area contributed by atoms with Gasteiger partial charge < -0.3 is 15.2 Å². The number of ether oxygens (including phenoxy) is 2. The summed E-state index contributed by atoms with van der Waals surface area (Å²) in [7, 11) is 0. The van der Waals surface area contributed by atoms with E-state index in [-0.39, 0.29) is 12.1 Å². The first kappa shape index (κ1) is 11.8. The van der Waals surface area contributed by atoms with Crippen LogP contribution in [0, 0.1) is 0 Å². The van der Waals surface area contributed by atoms with Crippen LogP contribution in [0.1, 0.15) is 36.5 Å². The molecule has 0 bridgehead atoms. The Morgan fingerprint density at radius 3 is 2.76 bits per heavy atom. The molecule has 2 N–H and O–H groups in total. The second-order valence-corrected chi connectivity index (χ2v) is 4.14. The van der Waals surface area contributed by atoms with Crippen molar-refractivity contribution in [3.63, 3.8) is 0 Å². The third kappa shape index (κ3) is 2.70. The van der Waals surface area contributed by atoms with Crippen LogP contribution in [0.2, 0.25) is 0 Å². The highest BCUT2D eigenvalue weighted by Crippen LogP contribution is 2.29. The maximum absolute atomic E-state index is 11.5. The molecule has 0 amide bonds. The summed E-state index contributed by atoms with van der Waals surface area (Å²) in [5, 5.41) is 0. The van der Waals surface area contributed by atoms with Crippen molar-refractivity contribution in [1.82, 2.24) is 0 Å². The molecule has 0 aliphatic heterocycles. The molecule has 2 rings (SSSR count). The fourth-order valence-corrected chi connectivity index (χ4v) is 1.67. The largest absolute Gasteiger partial charge is 0.488 e. The predicted molar refractivity (Wildman–Crippen MR) is 65.1 cm³/mol. The summed E-state index contributed by atoms with van der Waals surface area (Å²) in [5.41, 5.74) is 6.80. The molecule has 0 aromatic heterocycles. The molecule has 0 spiro atoms. The summed E-state index contributed by atoms with van der Waals surface area (Å²) in [6, 6.07) is 5.02. The third-order valence-electron chi connectivity index (χ3n) is 2.87. The summed E-state index contributed by atoms with van der Waals surface area (Å²) < 4.78 is 10.6. The predicted octanol–water partition coefficient (Wildman–Crippen LogP) is 2.38. The van der Waals surface area contributed by atoms with E-state index < -0.39 is 0 Å². The Morgan fingerprint density at radius 1 is 1.47 bits per heavy atom. The molecule has 4 nitrogen and oxygen atoms in total. The van der Waals surface area contributed by atoms with E-state index in [9.17, 15) is 4.79 Å². The molecule has 1 aliphatic carbocycles.